The van der Waals surface area contributed by atoms with Crippen molar-refractivity contribution in [3.8, 4) is 0 Å². The summed E-state index contributed by atoms with van der Waals surface area (Å²) in [5.41, 5.74) is 1.95. The molecule has 2 aromatic rings. The van der Waals surface area contributed by atoms with E-state index in [-0.39, 0.29) is 25.0 Å². The van der Waals surface area contributed by atoms with Gasteiger partial charge in [-0.15, -0.1) is 0 Å². The second kappa shape index (κ2) is 11.8. The summed E-state index contributed by atoms with van der Waals surface area (Å²) < 4.78 is 18.1. The summed E-state index contributed by atoms with van der Waals surface area (Å²) in [6, 6.07) is 18.8. The quantitative estimate of drug-likeness (QED) is 0.581. The molecular weight excluding hydrogens is 410 g/mol. The minimum atomic E-state index is -0.633. The number of esters is 1. The van der Waals surface area contributed by atoms with Gasteiger partial charge in [0, 0.05) is 26.4 Å². The molecule has 1 amide bonds. The molecule has 1 saturated carbocycles. The Morgan fingerprint density at radius 2 is 1.44 bits per heavy atom. The van der Waals surface area contributed by atoms with Crippen molar-refractivity contribution in [2.45, 2.75) is 57.8 Å². The van der Waals surface area contributed by atoms with Gasteiger partial charge < -0.3 is 24.6 Å². The molecule has 1 aliphatic carbocycles. The maximum Gasteiger partial charge on any atom is 0.302 e. The molecule has 5 atom stereocenters. The van der Waals surface area contributed by atoms with E-state index in [1.165, 1.54) is 13.8 Å². The van der Waals surface area contributed by atoms with Crippen molar-refractivity contribution in [2.75, 3.05) is 6.61 Å². The van der Waals surface area contributed by atoms with Gasteiger partial charge in [0.25, 0.3) is 0 Å². The lowest BCUT2D eigenvalue weighted by Gasteiger charge is -2.45. The van der Waals surface area contributed by atoms with Crippen LogP contribution in [0.2, 0.25) is 0 Å². The van der Waals surface area contributed by atoms with Gasteiger partial charge in [0.05, 0.1) is 25.4 Å². The Labute approximate surface area is 188 Å². The van der Waals surface area contributed by atoms with E-state index in [2.05, 4.69) is 5.32 Å². The van der Waals surface area contributed by atoms with Gasteiger partial charge in [0.2, 0.25) is 5.91 Å². The molecule has 3 rings (SSSR count). The lowest BCUT2D eigenvalue weighted by molar-refractivity contribution is -0.187. The number of aliphatic hydroxyl groups is 1. The van der Waals surface area contributed by atoms with E-state index in [9.17, 15) is 14.7 Å². The largest absolute Gasteiger partial charge is 0.460 e. The van der Waals surface area contributed by atoms with Crippen LogP contribution in [0.15, 0.2) is 60.7 Å². The predicted octanol–water partition coefficient (Wildman–Crippen LogP) is 2.61. The van der Waals surface area contributed by atoms with Gasteiger partial charge in [0.15, 0.2) is 0 Å². The summed E-state index contributed by atoms with van der Waals surface area (Å²) in [6.45, 7) is 3.21. The standard InChI is InChI=1S/C25H31NO6/c1-17(28)26-23-22(32-18(2)29)13-21(14-27)24(30-15-19-9-5-3-6-10-19)25(23)31-16-20-11-7-4-8-12-20/h3-12,21-25,27H,13-16H2,1-2H3,(H,26,28)/t21-,22+,23-,24-,25-/m1/s1. The minimum absolute atomic E-state index is 0.158. The van der Waals surface area contributed by atoms with Crippen molar-refractivity contribution in [1.82, 2.24) is 5.32 Å². The average Bonchev–Trinajstić information content (AvgIpc) is 2.78. The highest BCUT2D eigenvalue weighted by Crippen LogP contribution is 2.33. The minimum Gasteiger partial charge on any atom is -0.460 e. The summed E-state index contributed by atoms with van der Waals surface area (Å²) in [5.74, 6) is -1.04. The zero-order chi connectivity index (χ0) is 22.9. The van der Waals surface area contributed by atoms with E-state index >= 15 is 0 Å². The van der Waals surface area contributed by atoms with Crippen LogP contribution in [0.1, 0.15) is 31.4 Å². The monoisotopic (exact) mass is 441 g/mol. The summed E-state index contributed by atoms with van der Waals surface area (Å²) >= 11 is 0. The fourth-order valence-electron chi connectivity index (χ4n) is 4.15. The fourth-order valence-corrected chi connectivity index (χ4v) is 4.15. The van der Waals surface area contributed by atoms with Gasteiger partial charge in [-0.3, -0.25) is 9.59 Å². The number of hydrogen-bond acceptors (Lipinski definition) is 6. The van der Waals surface area contributed by atoms with Crippen LogP contribution in [0.5, 0.6) is 0 Å². The first-order valence-electron chi connectivity index (χ1n) is 10.8. The van der Waals surface area contributed by atoms with Crippen molar-refractivity contribution in [3.05, 3.63) is 71.8 Å². The molecule has 172 valence electrons. The van der Waals surface area contributed by atoms with Crippen LogP contribution in [0.4, 0.5) is 0 Å². The third-order valence-electron chi connectivity index (χ3n) is 5.57. The Morgan fingerprint density at radius 3 is 1.91 bits per heavy atom. The van der Waals surface area contributed by atoms with Crippen LogP contribution in [0.3, 0.4) is 0 Å². The van der Waals surface area contributed by atoms with Crippen LogP contribution in [0, 0.1) is 5.92 Å². The summed E-state index contributed by atoms with van der Waals surface area (Å²) in [4.78, 5) is 23.7. The SMILES string of the molecule is CC(=O)N[C@H]1[C@@H](OCc2ccccc2)[C@H](OCc2ccccc2)[C@@H](CO)C[C@@H]1OC(C)=O. The molecule has 0 spiro atoms. The average molecular weight is 442 g/mol. The first kappa shape index (κ1) is 23.9. The molecule has 7 nitrogen and oxygen atoms in total. The number of ether oxygens (including phenoxy) is 3. The van der Waals surface area contributed by atoms with Crippen LogP contribution in [0.25, 0.3) is 0 Å². The number of hydrogen-bond donors (Lipinski definition) is 2. The number of amides is 1. The van der Waals surface area contributed by atoms with Crippen LogP contribution >= 0.6 is 0 Å². The molecular formula is C25H31NO6. The van der Waals surface area contributed by atoms with E-state index < -0.39 is 30.3 Å². The van der Waals surface area contributed by atoms with Gasteiger partial charge in [-0.2, -0.15) is 0 Å². The maximum absolute atomic E-state index is 12.0. The molecule has 7 heteroatoms. The molecule has 2 N–H and O–H groups in total. The highest BCUT2D eigenvalue weighted by atomic mass is 16.6. The third kappa shape index (κ3) is 6.63. The van der Waals surface area contributed by atoms with Crippen molar-refractivity contribution >= 4 is 11.9 Å². The van der Waals surface area contributed by atoms with Gasteiger partial charge in [-0.05, 0) is 17.5 Å². The summed E-state index contributed by atoms with van der Waals surface area (Å²) in [6.07, 6.45) is -1.41. The molecule has 1 fully saturated rings. The number of benzene rings is 2. The molecule has 0 aliphatic heterocycles. The topological polar surface area (TPSA) is 94.1 Å². The molecule has 1 aliphatic rings. The molecule has 0 unspecified atom stereocenters. The molecule has 2 aromatic carbocycles. The summed E-state index contributed by atoms with van der Waals surface area (Å²) in [7, 11) is 0. The van der Waals surface area contributed by atoms with E-state index in [0.29, 0.717) is 13.0 Å². The molecule has 0 saturated heterocycles. The zero-order valence-electron chi connectivity index (χ0n) is 18.5. The van der Waals surface area contributed by atoms with Crippen LogP contribution in [-0.4, -0.2) is 47.9 Å². The smallest absolute Gasteiger partial charge is 0.302 e. The molecule has 0 heterocycles. The first-order valence-corrected chi connectivity index (χ1v) is 10.8. The van der Waals surface area contributed by atoms with Crippen LogP contribution in [-0.2, 0) is 37.0 Å². The summed E-state index contributed by atoms with van der Waals surface area (Å²) in [5, 5.41) is 13.0. The predicted molar refractivity (Wildman–Crippen MR) is 118 cm³/mol. The Bertz CT molecular complexity index is 859. The van der Waals surface area contributed by atoms with Gasteiger partial charge in [-0.1, -0.05) is 60.7 Å². The van der Waals surface area contributed by atoms with E-state index in [1.54, 1.807) is 0 Å². The van der Waals surface area contributed by atoms with E-state index in [1.807, 2.05) is 60.7 Å². The van der Waals surface area contributed by atoms with Gasteiger partial charge in [-0.25, -0.2) is 0 Å². The van der Waals surface area contributed by atoms with Crippen molar-refractivity contribution < 1.29 is 28.9 Å². The van der Waals surface area contributed by atoms with Crippen molar-refractivity contribution in [3.63, 3.8) is 0 Å². The Balaban J connectivity index is 1.87. The van der Waals surface area contributed by atoms with Crippen molar-refractivity contribution in [2.24, 2.45) is 5.92 Å². The Hall–Kier alpha value is -2.74. The second-order valence-electron chi connectivity index (χ2n) is 8.07. The fraction of sp³-hybridized carbons (Fsp3) is 0.440. The molecule has 0 bridgehead atoms. The highest BCUT2D eigenvalue weighted by Gasteiger charge is 2.48. The number of rotatable bonds is 9. The number of carbonyl (C=O) groups is 2. The normalized spacial score (nSPS) is 25.2. The molecule has 0 aromatic heterocycles. The van der Waals surface area contributed by atoms with Crippen molar-refractivity contribution in [1.29, 1.82) is 0 Å². The third-order valence-corrected chi connectivity index (χ3v) is 5.57. The number of aliphatic hydroxyl groups excluding tert-OH is 1. The maximum atomic E-state index is 12.0. The van der Waals surface area contributed by atoms with Gasteiger partial charge in [0.1, 0.15) is 12.2 Å². The second-order valence-corrected chi connectivity index (χ2v) is 8.07. The lowest BCUT2D eigenvalue weighted by Crippen LogP contribution is -2.63. The Morgan fingerprint density at radius 1 is 0.906 bits per heavy atom. The Kier molecular flexibility index (Phi) is 8.79. The number of nitrogens with one attached hydrogen (secondary N) is 1. The van der Waals surface area contributed by atoms with Crippen LogP contribution < -0.4 is 5.32 Å². The first-order chi connectivity index (χ1) is 15.5. The molecule has 0 radical (unpaired) electrons. The zero-order valence-corrected chi connectivity index (χ0v) is 18.5. The molecule has 32 heavy (non-hydrogen) atoms. The highest BCUT2D eigenvalue weighted by molar-refractivity contribution is 5.73. The van der Waals surface area contributed by atoms with Gasteiger partial charge >= 0.3 is 5.97 Å². The number of carbonyl (C=O) groups excluding carboxylic acids is 2. The lowest BCUT2D eigenvalue weighted by atomic mass is 9.79. The van der Waals surface area contributed by atoms with E-state index in [4.69, 9.17) is 14.2 Å². The van der Waals surface area contributed by atoms with E-state index in [0.717, 1.165) is 11.1 Å².